The molecule has 1 aromatic carbocycles. The fourth-order valence-electron chi connectivity index (χ4n) is 1.99. The molecule has 1 amide bonds. The Hall–Kier alpha value is -2.08. The lowest BCUT2D eigenvalue weighted by Crippen LogP contribution is -2.41. The van der Waals surface area contributed by atoms with Crippen molar-refractivity contribution in [1.29, 1.82) is 0 Å². The number of esters is 1. The first-order valence-electron chi connectivity index (χ1n) is 8.13. The van der Waals surface area contributed by atoms with E-state index in [0.717, 1.165) is 12.8 Å². The Morgan fingerprint density at radius 1 is 1.21 bits per heavy atom. The van der Waals surface area contributed by atoms with Crippen molar-refractivity contribution in [3.05, 3.63) is 23.8 Å². The summed E-state index contributed by atoms with van der Waals surface area (Å²) in [5, 5.41) is 2.77. The zero-order valence-electron chi connectivity index (χ0n) is 15.1. The van der Waals surface area contributed by atoms with E-state index in [-0.39, 0.29) is 11.5 Å². The first kappa shape index (κ1) is 20.0. The number of benzene rings is 1. The van der Waals surface area contributed by atoms with Crippen LogP contribution in [0.2, 0.25) is 0 Å². The zero-order chi connectivity index (χ0) is 18.2. The molecule has 1 atom stereocenters. The Labute approximate surface area is 143 Å². The van der Waals surface area contributed by atoms with Crippen molar-refractivity contribution >= 4 is 17.6 Å². The molecule has 1 N–H and O–H groups in total. The molecule has 1 rings (SSSR count). The minimum Gasteiger partial charge on any atom is -0.493 e. The fraction of sp³-hybridized carbons (Fsp3) is 0.556. The third-order valence-electron chi connectivity index (χ3n) is 4.00. The van der Waals surface area contributed by atoms with E-state index in [0.29, 0.717) is 24.5 Å². The van der Waals surface area contributed by atoms with Crippen LogP contribution in [-0.4, -0.2) is 38.3 Å². The molecule has 0 fully saturated rings. The van der Waals surface area contributed by atoms with Gasteiger partial charge in [-0.2, -0.15) is 0 Å². The molecular weight excluding hydrogens is 310 g/mol. The second-order valence-corrected chi connectivity index (χ2v) is 5.65. The summed E-state index contributed by atoms with van der Waals surface area (Å²) in [5.74, 6) is -0.344. The van der Waals surface area contributed by atoms with Crippen molar-refractivity contribution in [3.8, 4) is 5.75 Å². The molecule has 6 nitrogen and oxygen atoms in total. The van der Waals surface area contributed by atoms with Crippen molar-refractivity contribution < 1.29 is 23.8 Å². The van der Waals surface area contributed by atoms with Crippen LogP contribution in [0.1, 0.15) is 50.4 Å². The molecule has 1 aromatic rings. The quantitative estimate of drug-likeness (QED) is 0.552. The largest absolute Gasteiger partial charge is 0.493 e. The van der Waals surface area contributed by atoms with Crippen LogP contribution in [-0.2, 0) is 14.3 Å². The lowest BCUT2D eigenvalue weighted by Gasteiger charge is -2.25. The van der Waals surface area contributed by atoms with Gasteiger partial charge in [0.2, 0.25) is 0 Å². The van der Waals surface area contributed by atoms with Crippen molar-refractivity contribution in [2.24, 2.45) is 0 Å². The number of carbonyl (C=O) groups is 2. The highest BCUT2D eigenvalue weighted by molar-refractivity contribution is 5.99. The number of unbranched alkanes of at least 4 members (excludes halogenated alkanes) is 1. The SMILES string of the molecule is CCCCOc1ccc(NC(=O)[C@](C)(CC)OC)cc1C(=O)OC. The second-order valence-electron chi connectivity index (χ2n) is 5.65. The summed E-state index contributed by atoms with van der Waals surface area (Å²) < 4.78 is 15.7. The minimum atomic E-state index is -0.929. The predicted molar refractivity (Wildman–Crippen MR) is 92.5 cm³/mol. The van der Waals surface area contributed by atoms with Crippen LogP contribution in [0, 0.1) is 0 Å². The number of amides is 1. The average molecular weight is 337 g/mol. The van der Waals surface area contributed by atoms with Crippen LogP contribution in [0.25, 0.3) is 0 Å². The molecule has 134 valence electrons. The van der Waals surface area contributed by atoms with Gasteiger partial charge in [0.15, 0.2) is 0 Å². The number of ether oxygens (including phenoxy) is 3. The van der Waals surface area contributed by atoms with Gasteiger partial charge in [0.1, 0.15) is 16.9 Å². The first-order valence-corrected chi connectivity index (χ1v) is 8.13. The van der Waals surface area contributed by atoms with Gasteiger partial charge in [-0.3, -0.25) is 4.79 Å². The molecule has 0 heterocycles. The zero-order valence-corrected chi connectivity index (χ0v) is 15.1. The number of hydrogen-bond acceptors (Lipinski definition) is 5. The Kier molecular flexibility index (Phi) is 7.71. The molecule has 0 aliphatic heterocycles. The molecule has 0 unspecified atom stereocenters. The average Bonchev–Trinajstić information content (AvgIpc) is 2.61. The highest BCUT2D eigenvalue weighted by atomic mass is 16.5. The normalized spacial score (nSPS) is 13.0. The van der Waals surface area contributed by atoms with Gasteiger partial charge in [0.25, 0.3) is 5.91 Å². The van der Waals surface area contributed by atoms with E-state index in [1.54, 1.807) is 25.1 Å². The highest BCUT2D eigenvalue weighted by Gasteiger charge is 2.31. The standard InChI is InChI=1S/C18H27NO5/c1-6-8-11-24-15-10-9-13(12-14(15)16(20)22-4)19-17(21)18(3,7-2)23-5/h9-10,12H,6-8,11H2,1-5H3,(H,19,21)/t18-/m0/s1. The number of hydrogen-bond donors (Lipinski definition) is 1. The van der Waals surface area contributed by atoms with E-state index in [2.05, 4.69) is 12.2 Å². The Morgan fingerprint density at radius 2 is 1.92 bits per heavy atom. The van der Waals surface area contributed by atoms with Crippen LogP contribution in [0.5, 0.6) is 5.75 Å². The number of rotatable bonds is 9. The van der Waals surface area contributed by atoms with Gasteiger partial charge in [0.05, 0.1) is 13.7 Å². The molecule has 6 heteroatoms. The molecule has 0 radical (unpaired) electrons. The second kappa shape index (κ2) is 9.27. The van der Waals surface area contributed by atoms with E-state index in [4.69, 9.17) is 14.2 Å². The summed E-state index contributed by atoms with van der Waals surface area (Å²) in [6.07, 6.45) is 2.41. The summed E-state index contributed by atoms with van der Waals surface area (Å²) in [6.45, 7) is 6.16. The van der Waals surface area contributed by atoms with E-state index in [9.17, 15) is 9.59 Å². The van der Waals surface area contributed by atoms with E-state index in [1.807, 2.05) is 6.92 Å². The molecule has 24 heavy (non-hydrogen) atoms. The molecule has 0 aliphatic rings. The summed E-state index contributed by atoms with van der Waals surface area (Å²) in [5.41, 5.74) is -0.163. The molecule has 0 bridgehead atoms. The molecule has 0 aliphatic carbocycles. The van der Waals surface area contributed by atoms with Crippen LogP contribution >= 0.6 is 0 Å². The number of nitrogens with one attached hydrogen (secondary N) is 1. The summed E-state index contributed by atoms with van der Waals surface area (Å²) in [7, 11) is 2.80. The van der Waals surface area contributed by atoms with Crippen LogP contribution < -0.4 is 10.1 Å². The van der Waals surface area contributed by atoms with Gasteiger partial charge in [0, 0.05) is 12.8 Å². The van der Waals surface area contributed by atoms with Gasteiger partial charge < -0.3 is 19.5 Å². The molecular formula is C18H27NO5. The van der Waals surface area contributed by atoms with Gasteiger partial charge in [-0.05, 0) is 38.0 Å². The summed E-state index contributed by atoms with van der Waals surface area (Å²) >= 11 is 0. The van der Waals surface area contributed by atoms with Gasteiger partial charge >= 0.3 is 5.97 Å². The van der Waals surface area contributed by atoms with Crippen LogP contribution in [0.3, 0.4) is 0 Å². The maximum Gasteiger partial charge on any atom is 0.341 e. The monoisotopic (exact) mass is 337 g/mol. The fourth-order valence-corrected chi connectivity index (χ4v) is 1.99. The van der Waals surface area contributed by atoms with E-state index < -0.39 is 11.6 Å². The Bertz CT molecular complexity index is 567. The maximum atomic E-state index is 12.4. The lowest BCUT2D eigenvalue weighted by atomic mass is 10.0. The topological polar surface area (TPSA) is 73.9 Å². The van der Waals surface area contributed by atoms with E-state index >= 15 is 0 Å². The molecule has 0 aromatic heterocycles. The Balaban J connectivity index is 3.01. The van der Waals surface area contributed by atoms with Crippen molar-refractivity contribution in [1.82, 2.24) is 0 Å². The summed E-state index contributed by atoms with van der Waals surface area (Å²) in [4.78, 5) is 24.3. The lowest BCUT2D eigenvalue weighted by molar-refractivity contribution is -0.136. The van der Waals surface area contributed by atoms with Gasteiger partial charge in [-0.15, -0.1) is 0 Å². The van der Waals surface area contributed by atoms with Gasteiger partial charge in [-0.25, -0.2) is 4.79 Å². The minimum absolute atomic E-state index is 0.275. The number of methoxy groups -OCH3 is 2. The third kappa shape index (κ3) is 4.96. The third-order valence-corrected chi connectivity index (χ3v) is 4.00. The van der Waals surface area contributed by atoms with Crippen LogP contribution in [0.15, 0.2) is 18.2 Å². The van der Waals surface area contributed by atoms with Crippen molar-refractivity contribution in [2.75, 3.05) is 26.1 Å². The molecule has 0 spiro atoms. The van der Waals surface area contributed by atoms with Crippen molar-refractivity contribution in [2.45, 2.75) is 45.6 Å². The van der Waals surface area contributed by atoms with Crippen LogP contribution in [0.4, 0.5) is 5.69 Å². The maximum absolute atomic E-state index is 12.4. The molecule has 0 saturated heterocycles. The first-order chi connectivity index (χ1) is 11.4. The van der Waals surface area contributed by atoms with E-state index in [1.165, 1.54) is 14.2 Å². The summed E-state index contributed by atoms with van der Waals surface area (Å²) in [6, 6.07) is 4.90. The predicted octanol–water partition coefficient (Wildman–Crippen LogP) is 3.41. The number of anilines is 1. The van der Waals surface area contributed by atoms with Gasteiger partial charge in [-0.1, -0.05) is 20.3 Å². The Morgan fingerprint density at radius 3 is 2.46 bits per heavy atom. The highest BCUT2D eigenvalue weighted by Crippen LogP contribution is 2.25. The smallest absolute Gasteiger partial charge is 0.341 e. The molecule has 0 saturated carbocycles. The van der Waals surface area contributed by atoms with Crippen molar-refractivity contribution in [3.63, 3.8) is 0 Å². The number of carbonyl (C=O) groups excluding carboxylic acids is 2.